The SMILES string of the molecule is COCC(C)CNC(=O)C1CNCC1C. The maximum absolute atomic E-state index is 11.8. The lowest BCUT2D eigenvalue weighted by Crippen LogP contribution is -2.37. The second kappa shape index (κ2) is 6.08. The summed E-state index contributed by atoms with van der Waals surface area (Å²) in [5.74, 6) is 1.14. The maximum Gasteiger partial charge on any atom is 0.224 e. The minimum absolute atomic E-state index is 0.139. The Morgan fingerprint density at radius 1 is 1.60 bits per heavy atom. The van der Waals surface area contributed by atoms with Gasteiger partial charge in [0.15, 0.2) is 0 Å². The van der Waals surface area contributed by atoms with Crippen LogP contribution in [0.5, 0.6) is 0 Å². The van der Waals surface area contributed by atoms with Crippen LogP contribution < -0.4 is 10.6 Å². The minimum Gasteiger partial charge on any atom is -0.384 e. The van der Waals surface area contributed by atoms with Gasteiger partial charge in [-0.3, -0.25) is 4.79 Å². The molecular weight excluding hydrogens is 192 g/mol. The molecule has 0 aromatic rings. The molecule has 0 aliphatic carbocycles. The molecule has 1 amide bonds. The zero-order valence-corrected chi connectivity index (χ0v) is 9.88. The first-order valence-electron chi connectivity index (χ1n) is 5.62. The summed E-state index contributed by atoms with van der Waals surface area (Å²) >= 11 is 0. The molecule has 88 valence electrons. The van der Waals surface area contributed by atoms with E-state index in [0.717, 1.165) is 13.1 Å². The molecule has 0 bridgehead atoms. The van der Waals surface area contributed by atoms with Crippen LogP contribution in [0, 0.1) is 17.8 Å². The lowest BCUT2D eigenvalue weighted by molar-refractivity contribution is -0.125. The van der Waals surface area contributed by atoms with Crippen LogP contribution in [0.3, 0.4) is 0 Å². The number of carbonyl (C=O) groups excluding carboxylic acids is 1. The van der Waals surface area contributed by atoms with Gasteiger partial charge in [-0.25, -0.2) is 0 Å². The lowest BCUT2D eigenvalue weighted by Gasteiger charge is -2.16. The third kappa shape index (κ3) is 3.80. The van der Waals surface area contributed by atoms with Crippen LogP contribution in [-0.2, 0) is 9.53 Å². The number of ether oxygens (including phenoxy) is 1. The maximum atomic E-state index is 11.8. The molecule has 1 aliphatic rings. The Bertz CT molecular complexity index is 209. The van der Waals surface area contributed by atoms with E-state index in [-0.39, 0.29) is 11.8 Å². The molecule has 0 radical (unpaired) electrons. The lowest BCUT2D eigenvalue weighted by atomic mass is 9.97. The molecule has 1 rings (SSSR count). The number of amides is 1. The van der Waals surface area contributed by atoms with E-state index in [1.54, 1.807) is 7.11 Å². The second-order valence-corrected chi connectivity index (χ2v) is 4.55. The van der Waals surface area contributed by atoms with Gasteiger partial charge in [0.05, 0.1) is 12.5 Å². The van der Waals surface area contributed by atoms with Crippen molar-refractivity contribution in [3.63, 3.8) is 0 Å². The Hall–Kier alpha value is -0.610. The molecule has 2 N–H and O–H groups in total. The van der Waals surface area contributed by atoms with E-state index in [1.807, 2.05) is 0 Å². The van der Waals surface area contributed by atoms with Crippen molar-refractivity contribution in [3.8, 4) is 0 Å². The van der Waals surface area contributed by atoms with Gasteiger partial charge < -0.3 is 15.4 Å². The van der Waals surface area contributed by atoms with Gasteiger partial charge in [0, 0.05) is 20.2 Å². The van der Waals surface area contributed by atoms with E-state index in [1.165, 1.54) is 0 Å². The zero-order valence-electron chi connectivity index (χ0n) is 9.88. The fraction of sp³-hybridized carbons (Fsp3) is 0.909. The highest BCUT2D eigenvalue weighted by Crippen LogP contribution is 2.15. The van der Waals surface area contributed by atoms with Crippen LogP contribution in [0.25, 0.3) is 0 Å². The summed E-state index contributed by atoms with van der Waals surface area (Å²) < 4.78 is 5.02. The van der Waals surface area contributed by atoms with E-state index < -0.39 is 0 Å². The van der Waals surface area contributed by atoms with Crippen LogP contribution >= 0.6 is 0 Å². The summed E-state index contributed by atoms with van der Waals surface area (Å²) in [4.78, 5) is 11.8. The predicted molar refractivity (Wildman–Crippen MR) is 59.6 cm³/mol. The van der Waals surface area contributed by atoms with Gasteiger partial charge in [0.2, 0.25) is 5.91 Å². The molecule has 3 unspecified atom stereocenters. The first-order valence-corrected chi connectivity index (χ1v) is 5.62. The smallest absolute Gasteiger partial charge is 0.224 e. The molecule has 3 atom stereocenters. The van der Waals surface area contributed by atoms with E-state index in [0.29, 0.717) is 25.0 Å². The molecule has 1 fully saturated rings. The van der Waals surface area contributed by atoms with Crippen molar-refractivity contribution in [2.24, 2.45) is 17.8 Å². The summed E-state index contributed by atoms with van der Waals surface area (Å²) in [5.41, 5.74) is 0. The van der Waals surface area contributed by atoms with Gasteiger partial charge in [0.25, 0.3) is 0 Å². The van der Waals surface area contributed by atoms with Gasteiger partial charge >= 0.3 is 0 Å². The summed E-state index contributed by atoms with van der Waals surface area (Å²) in [6, 6.07) is 0. The van der Waals surface area contributed by atoms with E-state index in [2.05, 4.69) is 24.5 Å². The number of rotatable bonds is 5. The number of carbonyl (C=O) groups is 1. The largest absolute Gasteiger partial charge is 0.384 e. The standard InChI is InChI=1S/C11H22N2O2/c1-8(7-15-3)4-13-11(14)10-6-12-5-9(10)2/h8-10,12H,4-7H2,1-3H3,(H,13,14). The topological polar surface area (TPSA) is 50.4 Å². The molecule has 0 saturated carbocycles. The number of hydrogen-bond donors (Lipinski definition) is 2. The second-order valence-electron chi connectivity index (χ2n) is 4.55. The normalized spacial score (nSPS) is 27.7. The third-order valence-corrected chi connectivity index (χ3v) is 2.93. The Labute approximate surface area is 91.8 Å². The number of nitrogens with one attached hydrogen (secondary N) is 2. The Kier molecular flexibility index (Phi) is 5.05. The fourth-order valence-electron chi connectivity index (χ4n) is 1.91. The molecular formula is C11H22N2O2. The fourth-order valence-corrected chi connectivity index (χ4v) is 1.91. The highest BCUT2D eigenvalue weighted by atomic mass is 16.5. The van der Waals surface area contributed by atoms with Crippen molar-refractivity contribution < 1.29 is 9.53 Å². The molecule has 4 nitrogen and oxygen atoms in total. The van der Waals surface area contributed by atoms with Gasteiger partial charge in [-0.05, 0) is 18.4 Å². The molecule has 1 saturated heterocycles. The summed E-state index contributed by atoms with van der Waals surface area (Å²) in [5, 5.41) is 6.21. The number of methoxy groups -OCH3 is 1. The molecule has 1 heterocycles. The van der Waals surface area contributed by atoms with Gasteiger partial charge in [-0.1, -0.05) is 13.8 Å². The van der Waals surface area contributed by atoms with Crippen molar-refractivity contribution in [1.82, 2.24) is 10.6 Å². The van der Waals surface area contributed by atoms with Crippen molar-refractivity contribution in [3.05, 3.63) is 0 Å². The van der Waals surface area contributed by atoms with Crippen LogP contribution in [0.2, 0.25) is 0 Å². The first-order chi connectivity index (χ1) is 7.15. The number of hydrogen-bond acceptors (Lipinski definition) is 3. The van der Waals surface area contributed by atoms with Crippen LogP contribution in [-0.4, -0.2) is 39.3 Å². The van der Waals surface area contributed by atoms with E-state index >= 15 is 0 Å². The van der Waals surface area contributed by atoms with Crippen molar-refractivity contribution in [2.75, 3.05) is 33.4 Å². The van der Waals surface area contributed by atoms with Crippen molar-refractivity contribution in [1.29, 1.82) is 0 Å². The Morgan fingerprint density at radius 3 is 2.87 bits per heavy atom. The third-order valence-electron chi connectivity index (χ3n) is 2.93. The molecule has 4 heteroatoms. The predicted octanol–water partition coefficient (Wildman–Crippen LogP) is 0.241. The first kappa shape index (κ1) is 12.5. The highest BCUT2D eigenvalue weighted by Gasteiger charge is 2.29. The molecule has 1 aliphatic heterocycles. The highest BCUT2D eigenvalue weighted by molar-refractivity contribution is 5.79. The van der Waals surface area contributed by atoms with E-state index in [9.17, 15) is 4.79 Å². The molecule has 0 aromatic heterocycles. The Balaban J connectivity index is 2.23. The molecule has 0 aromatic carbocycles. The van der Waals surface area contributed by atoms with Crippen molar-refractivity contribution in [2.45, 2.75) is 13.8 Å². The Morgan fingerprint density at radius 2 is 2.33 bits per heavy atom. The summed E-state index contributed by atoms with van der Waals surface area (Å²) in [7, 11) is 1.68. The van der Waals surface area contributed by atoms with Crippen LogP contribution in [0.15, 0.2) is 0 Å². The monoisotopic (exact) mass is 214 g/mol. The molecule has 0 spiro atoms. The average molecular weight is 214 g/mol. The summed E-state index contributed by atoms with van der Waals surface area (Å²) in [6.07, 6.45) is 0. The van der Waals surface area contributed by atoms with Crippen LogP contribution in [0.1, 0.15) is 13.8 Å². The van der Waals surface area contributed by atoms with Gasteiger partial charge in [-0.15, -0.1) is 0 Å². The summed E-state index contributed by atoms with van der Waals surface area (Å²) in [6.45, 7) is 7.34. The van der Waals surface area contributed by atoms with Gasteiger partial charge in [0.1, 0.15) is 0 Å². The average Bonchev–Trinajstić information content (AvgIpc) is 2.61. The van der Waals surface area contributed by atoms with Crippen molar-refractivity contribution >= 4 is 5.91 Å². The van der Waals surface area contributed by atoms with Gasteiger partial charge in [-0.2, -0.15) is 0 Å². The van der Waals surface area contributed by atoms with E-state index in [4.69, 9.17) is 4.74 Å². The quantitative estimate of drug-likeness (QED) is 0.689. The minimum atomic E-state index is 0.139. The zero-order chi connectivity index (χ0) is 11.3. The molecule has 15 heavy (non-hydrogen) atoms. The van der Waals surface area contributed by atoms with Crippen LogP contribution in [0.4, 0.5) is 0 Å².